The zero-order valence-corrected chi connectivity index (χ0v) is 17.1. The number of aryl methyl sites for hydroxylation is 1. The molecule has 150 valence electrons. The summed E-state index contributed by atoms with van der Waals surface area (Å²) in [4.78, 5) is 24.6. The molecule has 2 aromatic rings. The van der Waals surface area contributed by atoms with E-state index in [0.717, 1.165) is 5.56 Å². The summed E-state index contributed by atoms with van der Waals surface area (Å²) in [5, 5.41) is 12.4. The van der Waals surface area contributed by atoms with Gasteiger partial charge in [0.25, 0.3) is 5.91 Å². The van der Waals surface area contributed by atoms with Crippen molar-refractivity contribution in [3.8, 4) is 11.8 Å². The Morgan fingerprint density at radius 1 is 1.24 bits per heavy atom. The number of ether oxygens (including phenoxy) is 2. The van der Waals surface area contributed by atoms with Gasteiger partial charge in [0, 0.05) is 10.7 Å². The van der Waals surface area contributed by atoms with Gasteiger partial charge in [0.2, 0.25) is 0 Å². The van der Waals surface area contributed by atoms with Crippen LogP contribution in [0.2, 0.25) is 5.02 Å². The van der Waals surface area contributed by atoms with Gasteiger partial charge in [0.15, 0.2) is 6.10 Å². The molecule has 0 bridgehead atoms. The summed E-state index contributed by atoms with van der Waals surface area (Å²) in [6.07, 6.45) is 0.294. The summed E-state index contributed by atoms with van der Waals surface area (Å²) in [5.41, 5.74) is 1.76. The molecule has 0 fully saturated rings. The fourth-order valence-electron chi connectivity index (χ4n) is 2.37. The van der Waals surface area contributed by atoms with Crippen LogP contribution in [-0.4, -0.2) is 24.6 Å². The van der Waals surface area contributed by atoms with Crippen LogP contribution < -0.4 is 10.1 Å². The van der Waals surface area contributed by atoms with E-state index in [2.05, 4.69) is 5.32 Å². The molecule has 2 aromatic carbocycles. The second-order valence-corrected chi connectivity index (χ2v) is 6.60. The highest BCUT2D eigenvalue weighted by molar-refractivity contribution is 6.31. The summed E-state index contributed by atoms with van der Waals surface area (Å²) in [6, 6.07) is 13.8. The fourth-order valence-corrected chi connectivity index (χ4v) is 2.54. The lowest BCUT2D eigenvalue weighted by Gasteiger charge is -2.14. The summed E-state index contributed by atoms with van der Waals surface area (Å²) in [5.74, 6) is -0.721. The molecule has 0 unspecified atom stereocenters. The van der Waals surface area contributed by atoms with E-state index >= 15 is 0 Å². The number of carbonyl (C=O) groups excluding carboxylic acids is 2. The first-order valence-corrected chi connectivity index (χ1v) is 9.34. The van der Waals surface area contributed by atoms with Crippen LogP contribution in [0.5, 0.6) is 5.75 Å². The van der Waals surface area contributed by atoms with Crippen molar-refractivity contribution in [2.45, 2.75) is 26.9 Å². The van der Waals surface area contributed by atoms with E-state index in [4.69, 9.17) is 21.1 Å². The maximum absolute atomic E-state index is 12.3. The summed E-state index contributed by atoms with van der Waals surface area (Å²) < 4.78 is 10.5. The van der Waals surface area contributed by atoms with Gasteiger partial charge in [0.1, 0.15) is 17.4 Å². The van der Waals surface area contributed by atoms with E-state index < -0.39 is 18.0 Å². The quantitative estimate of drug-likeness (QED) is 0.410. The van der Waals surface area contributed by atoms with Crippen molar-refractivity contribution in [2.75, 3.05) is 11.9 Å². The number of nitrogens with one attached hydrogen (secondary N) is 1. The molecule has 1 amide bonds. The molecule has 0 aliphatic carbocycles. The van der Waals surface area contributed by atoms with Crippen LogP contribution in [-0.2, 0) is 14.3 Å². The fraction of sp³-hybridized carbons (Fsp3) is 0.227. The number of esters is 1. The monoisotopic (exact) mass is 412 g/mol. The van der Waals surface area contributed by atoms with Crippen LogP contribution in [0, 0.1) is 18.3 Å². The van der Waals surface area contributed by atoms with Gasteiger partial charge in [-0.2, -0.15) is 5.26 Å². The Morgan fingerprint density at radius 2 is 1.93 bits per heavy atom. The highest BCUT2D eigenvalue weighted by atomic mass is 35.5. The summed E-state index contributed by atoms with van der Waals surface area (Å²) in [6.45, 7) is 5.66. The largest absolute Gasteiger partial charge is 0.494 e. The smallest absolute Gasteiger partial charge is 0.349 e. The van der Waals surface area contributed by atoms with Crippen LogP contribution in [0.4, 0.5) is 5.69 Å². The van der Waals surface area contributed by atoms with Gasteiger partial charge in [0.05, 0.1) is 6.61 Å². The Morgan fingerprint density at radius 3 is 2.55 bits per heavy atom. The molecule has 0 saturated heterocycles. The average molecular weight is 413 g/mol. The molecule has 0 saturated carbocycles. The first-order chi connectivity index (χ1) is 13.8. The molecular formula is C22H21ClN2O4. The summed E-state index contributed by atoms with van der Waals surface area (Å²) in [7, 11) is 0. The molecule has 0 heterocycles. The number of carbonyl (C=O) groups is 2. The lowest BCUT2D eigenvalue weighted by Crippen LogP contribution is -2.30. The van der Waals surface area contributed by atoms with E-state index in [1.165, 1.54) is 13.0 Å². The highest BCUT2D eigenvalue weighted by Crippen LogP contribution is 2.21. The first-order valence-electron chi connectivity index (χ1n) is 8.96. The molecule has 0 aliphatic heterocycles. The minimum Gasteiger partial charge on any atom is -0.494 e. The number of nitrogens with zero attached hydrogens (tertiary/aromatic N) is 1. The normalized spacial score (nSPS) is 11.9. The Labute approximate surface area is 174 Å². The molecule has 0 aromatic heterocycles. The molecule has 1 atom stereocenters. The van der Waals surface area contributed by atoms with Crippen molar-refractivity contribution >= 4 is 35.2 Å². The molecule has 29 heavy (non-hydrogen) atoms. The topological polar surface area (TPSA) is 88.4 Å². The van der Waals surface area contributed by atoms with Crippen molar-refractivity contribution in [1.82, 2.24) is 0 Å². The molecule has 6 nitrogen and oxygen atoms in total. The van der Waals surface area contributed by atoms with E-state index in [9.17, 15) is 14.9 Å². The van der Waals surface area contributed by atoms with Crippen LogP contribution in [0.15, 0.2) is 48.0 Å². The molecule has 0 spiro atoms. The molecule has 0 aliphatic rings. The van der Waals surface area contributed by atoms with Crippen molar-refractivity contribution < 1.29 is 19.1 Å². The van der Waals surface area contributed by atoms with Crippen molar-refractivity contribution in [1.29, 1.82) is 5.26 Å². The van der Waals surface area contributed by atoms with Crippen molar-refractivity contribution in [3.05, 3.63) is 64.2 Å². The Bertz CT molecular complexity index is 962. The van der Waals surface area contributed by atoms with Gasteiger partial charge in [-0.25, -0.2) is 4.79 Å². The lowest BCUT2D eigenvalue weighted by molar-refractivity contribution is -0.148. The minimum absolute atomic E-state index is 0.215. The molecule has 1 N–H and O–H groups in total. The molecule has 7 heteroatoms. The number of halogens is 1. The molecular weight excluding hydrogens is 392 g/mol. The predicted molar refractivity (Wildman–Crippen MR) is 112 cm³/mol. The third-order valence-electron chi connectivity index (χ3n) is 3.95. The van der Waals surface area contributed by atoms with Crippen LogP contribution in [0.1, 0.15) is 25.0 Å². The Kier molecular flexibility index (Phi) is 7.81. The first kappa shape index (κ1) is 22.0. The highest BCUT2D eigenvalue weighted by Gasteiger charge is 2.21. The predicted octanol–water partition coefficient (Wildman–Crippen LogP) is 4.52. The van der Waals surface area contributed by atoms with Crippen molar-refractivity contribution in [3.63, 3.8) is 0 Å². The molecule has 0 radical (unpaired) electrons. The van der Waals surface area contributed by atoms with Gasteiger partial charge < -0.3 is 14.8 Å². The number of amides is 1. The van der Waals surface area contributed by atoms with E-state index in [0.29, 0.717) is 28.6 Å². The molecule has 2 rings (SSSR count). The average Bonchev–Trinajstić information content (AvgIpc) is 2.70. The Hall–Kier alpha value is -3.30. The standard InChI is InChI=1S/C22H21ClN2O4/c1-4-28-19-9-6-16(7-10-19)11-17(13-24)22(27)29-15(3)21(26)25-20-12-18(23)8-5-14(20)2/h5-12,15H,4H2,1-3H3,(H,25,26)/b17-11+/t15-/m0/s1. The van der Waals surface area contributed by atoms with Crippen LogP contribution in [0.25, 0.3) is 6.08 Å². The minimum atomic E-state index is -1.10. The van der Waals surface area contributed by atoms with Crippen LogP contribution in [0.3, 0.4) is 0 Å². The summed E-state index contributed by atoms with van der Waals surface area (Å²) >= 11 is 5.94. The van der Waals surface area contributed by atoms with Gasteiger partial charge in [-0.05, 0) is 62.2 Å². The maximum atomic E-state index is 12.3. The van der Waals surface area contributed by atoms with Gasteiger partial charge in [-0.1, -0.05) is 29.8 Å². The number of hydrogen-bond acceptors (Lipinski definition) is 5. The third-order valence-corrected chi connectivity index (χ3v) is 4.19. The van der Waals surface area contributed by atoms with E-state index in [1.807, 2.05) is 13.8 Å². The number of rotatable bonds is 7. The maximum Gasteiger partial charge on any atom is 0.349 e. The number of hydrogen-bond donors (Lipinski definition) is 1. The third kappa shape index (κ3) is 6.37. The van der Waals surface area contributed by atoms with Gasteiger partial charge in [-0.15, -0.1) is 0 Å². The number of nitriles is 1. The van der Waals surface area contributed by atoms with E-state index in [-0.39, 0.29) is 5.57 Å². The number of benzene rings is 2. The zero-order chi connectivity index (χ0) is 21.4. The zero-order valence-electron chi connectivity index (χ0n) is 16.4. The van der Waals surface area contributed by atoms with Crippen LogP contribution >= 0.6 is 11.6 Å². The van der Waals surface area contributed by atoms with E-state index in [1.54, 1.807) is 48.5 Å². The second-order valence-electron chi connectivity index (χ2n) is 6.17. The van der Waals surface area contributed by atoms with Crippen molar-refractivity contribution in [2.24, 2.45) is 0 Å². The van der Waals surface area contributed by atoms with Gasteiger partial charge in [-0.3, -0.25) is 4.79 Å². The number of anilines is 1. The SMILES string of the molecule is CCOc1ccc(/C=C(\C#N)C(=O)O[C@@H](C)C(=O)Nc2cc(Cl)ccc2C)cc1. The Balaban J connectivity index is 2.05. The van der Waals surface area contributed by atoms with Gasteiger partial charge >= 0.3 is 5.97 Å². The second kappa shape index (κ2) is 10.3. The lowest BCUT2D eigenvalue weighted by atomic mass is 10.1.